The fraction of sp³-hybridized carbons (Fsp3) is 0.565. The molecule has 27 heavy (non-hydrogen) atoms. The topological polar surface area (TPSA) is 58.7 Å². The van der Waals surface area contributed by atoms with Gasteiger partial charge in [-0.2, -0.15) is 0 Å². The fourth-order valence-electron chi connectivity index (χ4n) is 3.77. The summed E-state index contributed by atoms with van der Waals surface area (Å²) in [6.07, 6.45) is 8.85. The average Bonchev–Trinajstić information content (AvgIpc) is 2.99. The predicted octanol–water partition coefficient (Wildman–Crippen LogP) is 4.85. The number of aliphatic imine (C=N–C) groups is 1. The Balaban J connectivity index is 2.06. The quantitative estimate of drug-likeness (QED) is 0.666. The lowest BCUT2D eigenvalue weighted by molar-refractivity contribution is -0.118. The number of nitrogens with two attached hydrogens (primary N) is 1. The van der Waals surface area contributed by atoms with E-state index >= 15 is 0 Å². The Morgan fingerprint density at radius 2 is 1.81 bits per heavy atom. The van der Waals surface area contributed by atoms with E-state index in [2.05, 4.69) is 51.7 Å². The fourth-order valence-corrected chi connectivity index (χ4v) is 3.77. The van der Waals surface area contributed by atoms with Crippen molar-refractivity contribution in [3.05, 3.63) is 40.6 Å². The summed E-state index contributed by atoms with van der Waals surface area (Å²) in [5.74, 6) is 0.500. The summed E-state index contributed by atoms with van der Waals surface area (Å²) in [4.78, 5) is 19.2. The minimum atomic E-state index is -0.299. The first-order chi connectivity index (χ1) is 12.9. The zero-order valence-electron chi connectivity index (χ0n) is 17.6. The summed E-state index contributed by atoms with van der Waals surface area (Å²) in [7, 11) is 0. The Bertz CT molecular complexity index is 691. The molecule has 1 atom stereocenters. The van der Waals surface area contributed by atoms with Crippen molar-refractivity contribution in [3.8, 4) is 0 Å². The number of carbonyl (C=O) groups is 1. The number of nitrogens with zero attached hydrogens (tertiary/aromatic N) is 2. The van der Waals surface area contributed by atoms with Gasteiger partial charge in [0.1, 0.15) is 6.04 Å². The largest absolute Gasteiger partial charge is 0.402 e. The van der Waals surface area contributed by atoms with Crippen LogP contribution in [-0.4, -0.2) is 24.7 Å². The highest BCUT2D eigenvalue weighted by Gasteiger charge is 2.32. The molecule has 1 fully saturated rings. The SMILES string of the molecule is CCCC(CCC)C(N)=CC=NC1CCN(c2cc(C)c(C)c(C)c2)C1=O. The van der Waals surface area contributed by atoms with Crippen molar-refractivity contribution in [2.24, 2.45) is 16.6 Å². The molecule has 1 heterocycles. The molecular weight excluding hydrogens is 334 g/mol. The van der Waals surface area contributed by atoms with Crippen molar-refractivity contribution in [2.45, 2.75) is 72.8 Å². The molecule has 0 aromatic heterocycles. The van der Waals surface area contributed by atoms with Crippen LogP contribution >= 0.6 is 0 Å². The highest BCUT2D eigenvalue weighted by molar-refractivity contribution is 6.00. The zero-order valence-corrected chi connectivity index (χ0v) is 17.6. The number of aryl methyl sites for hydroxylation is 2. The minimum Gasteiger partial charge on any atom is -0.402 e. The van der Waals surface area contributed by atoms with Crippen LogP contribution in [0.5, 0.6) is 0 Å². The second kappa shape index (κ2) is 9.72. The van der Waals surface area contributed by atoms with Crippen molar-refractivity contribution in [3.63, 3.8) is 0 Å². The molecule has 1 amide bonds. The van der Waals surface area contributed by atoms with Crippen LogP contribution in [0, 0.1) is 26.7 Å². The van der Waals surface area contributed by atoms with Crippen molar-refractivity contribution in [1.29, 1.82) is 0 Å². The van der Waals surface area contributed by atoms with E-state index in [1.165, 1.54) is 16.7 Å². The van der Waals surface area contributed by atoms with Gasteiger partial charge in [0.25, 0.3) is 5.91 Å². The highest BCUT2D eigenvalue weighted by atomic mass is 16.2. The molecule has 1 aliphatic rings. The second-order valence-electron chi connectivity index (χ2n) is 7.74. The van der Waals surface area contributed by atoms with E-state index in [0.29, 0.717) is 5.92 Å². The smallest absolute Gasteiger partial charge is 0.251 e. The van der Waals surface area contributed by atoms with Gasteiger partial charge in [-0.15, -0.1) is 0 Å². The number of amides is 1. The molecule has 1 saturated heterocycles. The number of allylic oxidation sites excluding steroid dienone is 2. The lowest BCUT2D eigenvalue weighted by Crippen LogP contribution is -2.28. The molecule has 2 rings (SSSR count). The van der Waals surface area contributed by atoms with Gasteiger partial charge >= 0.3 is 0 Å². The maximum absolute atomic E-state index is 12.8. The molecule has 1 aliphatic heterocycles. The number of hydrogen-bond acceptors (Lipinski definition) is 3. The van der Waals surface area contributed by atoms with E-state index in [4.69, 9.17) is 5.73 Å². The number of hydrogen-bond donors (Lipinski definition) is 1. The number of rotatable bonds is 8. The molecule has 0 aliphatic carbocycles. The van der Waals surface area contributed by atoms with Gasteiger partial charge in [0, 0.05) is 24.1 Å². The van der Waals surface area contributed by atoms with Crippen LogP contribution in [0.2, 0.25) is 0 Å². The first-order valence-corrected chi connectivity index (χ1v) is 10.3. The van der Waals surface area contributed by atoms with Gasteiger partial charge < -0.3 is 10.6 Å². The molecule has 1 aromatic carbocycles. The first-order valence-electron chi connectivity index (χ1n) is 10.3. The third-order valence-corrected chi connectivity index (χ3v) is 5.68. The molecule has 0 spiro atoms. The van der Waals surface area contributed by atoms with Crippen LogP contribution < -0.4 is 10.6 Å². The summed E-state index contributed by atoms with van der Waals surface area (Å²) >= 11 is 0. The van der Waals surface area contributed by atoms with E-state index in [-0.39, 0.29) is 11.9 Å². The summed E-state index contributed by atoms with van der Waals surface area (Å²) in [6.45, 7) is 11.4. The highest BCUT2D eigenvalue weighted by Crippen LogP contribution is 2.27. The molecule has 0 bridgehead atoms. The van der Waals surface area contributed by atoms with Gasteiger partial charge in [0.05, 0.1) is 0 Å². The average molecular weight is 370 g/mol. The van der Waals surface area contributed by atoms with Gasteiger partial charge in [-0.05, 0) is 80.9 Å². The van der Waals surface area contributed by atoms with Gasteiger partial charge in [-0.1, -0.05) is 26.7 Å². The molecule has 1 aromatic rings. The number of anilines is 1. The van der Waals surface area contributed by atoms with Crippen molar-refractivity contribution in [2.75, 3.05) is 11.4 Å². The molecule has 148 valence electrons. The van der Waals surface area contributed by atoms with Gasteiger partial charge in [0.2, 0.25) is 0 Å². The van der Waals surface area contributed by atoms with Gasteiger partial charge in [0.15, 0.2) is 0 Å². The Labute approximate surface area is 164 Å². The third-order valence-electron chi connectivity index (χ3n) is 5.68. The van der Waals surface area contributed by atoms with Gasteiger partial charge in [-0.3, -0.25) is 9.79 Å². The van der Waals surface area contributed by atoms with Crippen LogP contribution in [0.15, 0.2) is 28.9 Å². The summed E-state index contributed by atoms with van der Waals surface area (Å²) in [6, 6.07) is 3.90. The van der Waals surface area contributed by atoms with Gasteiger partial charge in [-0.25, -0.2) is 0 Å². The maximum atomic E-state index is 12.8. The Morgan fingerprint density at radius 1 is 1.22 bits per heavy atom. The van der Waals surface area contributed by atoms with Crippen LogP contribution in [0.4, 0.5) is 5.69 Å². The summed E-state index contributed by atoms with van der Waals surface area (Å²) < 4.78 is 0. The maximum Gasteiger partial charge on any atom is 0.251 e. The van der Waals surface area contributed by atoms with E-state index in [1.54, 1.807) is 6.21 Å². The summed E-state index contributed by atoms with van der Waals surface area (Å²) in [5, 5.41) is 0. The van der Waals surface area contributed by atoms with Crippen LogP contribution in [0.25, 0.3) is 0 Å². The van der Waals surface area contributed by atoms with Crippen molar-refractivity contribution < 1.29 is 4.79 Å². The van der Waals surface area contributed by atoms with E-state index < -0.39 is 0 Å². The standard InChI is InChI=1S/C23H35N3O/c1-6-8-19(9-7-2)21(24)10-12-25-22-11-13-26(23(22)27)20-14-16(3)18(5)17(4)15-20/h10,12,14-15,19,22H,6-9,11,13,24H2,1-5H3. The van der Waals surface area contributed by atoms with E-state index in [0.717, 1.165) is 50.0 Å². The number of benzene rings is 1. The predicted molar refractivity (Wildman–Crippen MR) is 115 cm³/mol. The van der Waals surface area contributed by atoms with Crippen LogP contribution in [-0.2, 0) is 4.79 Å². The molecule has 2 N–H and O–H groups in total. The number of carbonyl (C=O) groups excluding carboxylic acids is 1. The first kappa shape index (κ1) is 21.2. The van der Waals surface area contributed by atoms with Crippen LogP contribution in [0.3, 0.4) is 0 Å². The van der Waals surface area contributed by atoms with Crippen molar-refractivity contribution >= 4 is 17.8 Å². The van der Waals surface area contributed by atoms with Crippen molar-refractivity contribution in [1.82, 2.24) is 0 Å². The Hall–Kier alpha value is -2.10. The van der Waals surface area contributed by atoms with E-state index in [9.17, 15) is 4.79 Å². The Morgan fingerprint density at radius 3 is 2.37 bits per heavy atom. The van der Waals surface area contributed by atoms with Crippen LogP contribution in [0.1, 0.15) is 62.6 Å². The second-order valence-corrected chi connectivity index (χ2v) is 7.74. The lowest BCUT2D eigenvalue weighted by Gasteiger charge is -2.19. The Kier molecular flexibility index (Phi) is 7.64. The molecule has 4 nitrogen and oxygen atoms in total. The molecule has 0 radical (unpaired) electrons. The summed E-state index contributed by atoms with van der Waals surface area (Å²) in [5.41, 5.74) is 11.8. The lowest BCUT2D eigenvalue weighted by atomic mass is 9.95. The molecule has 4 heteroatoms. The zero-order chi connectivity index (χ0) is 20.0. The normalized spacial score (nSPS) is 18.3. The monoisotopic (exact) mass is 369 g/mol. The molecule has 1 unspecified atom stereocenters. The minimum absolute atomic E-state index is 0.0829. The molecule has 0 saturated carbocycles. The molecular formula is C23H35N3O. The third kappa shape index (κ3) is 5.21. The van der Waals surface area contributed by atoms with E-state index in [1.807, 2.05) is 11.0 Å².